The van der Waals surface area contributed by atoms with Gasteiger partial charge in [0.25, 0.3) is 5.56 Å². The minimum atomic E-state index is -0.543. The number of thioether (sulfide) groups is 1. The van der Waals surface area contributed by atoms with E-state index in [9.17, 15) is 9.59 Å². The number of hydrogen-bond donors (Lipinski definition) is 1. The Kier molecular flexibility index (Phi) is 4.93. The van der Waals surface area contributed by atoms with Crippen LogP contribution in [-0.2, 0) is 10.5 Å². The fourth-order valence-corrected chi connectivity index (χ4v) is 4.52. The number of benzene rings is 1. The molecule has 0 unspecified atom stereocenters. The van der Waals surface area contributed by atoms with Crippen LogP contribution >= 0.6 is 23.1 Å². The van der Waals surface area contributed by atoms with Crippen molar-refractivity contribution in [3.63, 3.8) is 0 Å². The van der Waals surface area contributed by atoms with Crippen molar-refractivity contribution in [1.29, 1.82) is 0 Å². The summed E-state index contributed by atoms with van der Waals surface area (Å²) < 4.78 is 11.1. The van der Waals surface area contributed by atoms with E-state index in [4.69, 9.17) is 10.3 Å². The van der Waals surface area contributed by atoms with Gasteiger partial charge in [-0.3, -0.25) is 4.79 Å². The molecule has 0 atom stereocenters. The van der Waals surface area contributed by atoms with Crippen LogP contribution in [0.15, 0.2) is 62.2 Å². The van der Waals surface area contributed by atoms with Gasteiger partial charge in [0.15, 0.2) is 5.16 Å². The highest BCUT2D eigenvalue weighted by Crippen LogP contribution is 2.32. The van der Waals surface area contributed by atoms with Crippen molar-refractivity contribution in [3.05, 3.63) is 69.7 Å². The molecule has 0 aliphatic heterocycles. The Morgan fingerprint density at radius 1 is 1.29 bits per heavy atom. The zero-order chi connectivity index (χ0) is 19.7. The monoisotopic (exact) mass is 413 g/mol. The molecule has 2 N–H and O–H groups in total. The van der Waals surface area contributed by atoms with Crippen LogP contribution in [0.2, 0.25) is 0 Å². The maximum atomic E-state index is 12.9. The molecule has 0 bridgehead atoms. The van der Waals surface area contributed by atoms with Gasteiger partial charge in [-0.2, -0.15) is 0 Å². The number of methoxy groups -OCH3 is 1. The number of nitrogen functional groups attached to an aromatic ring is 1. The van der Waals surface area contributed by atoms with Gasteiger partial charge in [0.2, 0.25) is 5.76 Å². The van der Waals surface area contributed by atoms with Crippen molar-refractivity contribution < 1.29 is 13.9 Å². The molecule has 0 radical (unpaired) electrons. The number of nitrogens with two attached hydrogens (primary N) is 1. The molecular weight excluding hydrogens is 398 g/mol. The Morgan fingerprint density at radius 3 is 2.82 bits per heavy atom. The van der Waals surface area contributed by atoms with E-state index in [1.807, 2.05) is 35.7 Å². The highest BCUT2D eigenvalue weighted by molar-refractivity contribution is 7.98. The van der Waals surface area contributed by atoms with Crippen LogP contribution in [0.1, 0.15) is 16.3 Å². The van der Waals surface area contributed by atoms with Gasteiger partial charge in [0.05, 0.1) is 18.2 Å². The molecular formula is C19H15N3O4S2. The molecule has 0 amide bonds. The average Bonchev–Trinajstić information content (AvgIpc) is 3.37. The third-order valence-electron chi connectivity index (χ3n) is 4.08. The Bertz CT molecular complexity index is 1210. The van der Waals surface area contributed by atoms with Gasteiger partial charge >= 0.3 is 5.97 Å². The fraction of sp³-hybridized carbons (Fsp3) is 0.105. The van der Waals surface area contributed by atoms with Crippen LogP contribution in [0.3, 0.4) is 0 Å². The molecule has 3 heterocycles. The lowest BCUT2D eigenvalue weighted by Crippen LogP contribution is -2.29. The highest BCUT2D eigenvalue weighted by Gasteiger charge is 2.17. The summed E-state index contributed by atoms with van der Waals surface area (Å²) in [4.78, 5) is 29.5. The normalized spacial score (nSPS) is 11.0. The molecule has 7 nitrogen and oxygen atoms in total. The van der Waals surface area contributed by atoms with Crippen LogP contribution in [0.4, 0.5) is 0 Å². The van der Waals surface area contributed by atoms with Gasteiger partial charge in [0, 0.05) is 10.9 Å². The van der Waals surface area contributed by atoms with Crippen molar-refractivity contribution >= 4 is 39.3 Å². The predicted octanol–water partition coefficient (Wildman–Crippen LogP) is 3.51. The summed E-state index contributed by atoms with van der Waals surface area (Å²) in [5.74, 6) is 6.51. The molecule has 9 heteroatoms. The van der Waals surface area contributed by atoms with E-state index in [0.717, 1.165) is 15.8 Å². The molecule has 0 spiro atoms. The van der Waals surface area contributed by atoms with Gasteiger partial charge in [-0.25, -0.2) is 14.5 Å². The van der Waals surface area contributed by atoms with E-state index < -0.39 is 5.97 Å². The topological polar surface area (TPSA) is 100 Å². The van der Waals surface area contributed by atoms with Crippen LogP contribution in [0.25, 0.3) is 21.3 Å². The van der Waals surface area contributed by atoms with Crippen LogP contribution in [0, 0.1) is 0 Å². The van der Waals surface area contributed by atoms with Crippen LogP contribution < -0.4 is 11.4 Å². The number of carbonyl (C=O) groups excluding carboxylic acids is 1. The summed E-state index contributed by atoms with van der Waals surface area (Å²) >= 11 is 2.66. The number of esters is 1. The number of rotatable bonds is 5. The summed E-state index contributed by atoms with van der Waals surface area (Å²) in [6.45, 7) is 0. The third kappa shape index (κ3) is 3.30. The molecule has 28 heavy (non-hydrogen) atoms. The van der Waals surface area contributed by atoms with Gasteiger partial charge < -0.3 is 15.0 Å². The summed E-state index contributed by atoms with van der Waals surface area (Å²) in [5.41, 5.74) is 1.46. The first-order chi connectivity index (χ1) is 13.6. The average molecular weight is 413 g/mol. The number of fused-ring (bicyclic) bond motifs is 1. The third-order valence-corrected chi connectivity index (χ3v) is 5.93. The zero-order valence-electron chi connectivity index (χ0n) is 14.7. The molecule has 0 fully saturated rings. The maximum absolute atomic E-state index is 12.9. The number of carbonyl (C=O) groups is 1. The quantitative estimate of drug-likeness (QED) is 0.231. The second-order valence-corrected chi connectivity index (χ2v) is 7.61. The Labute approximate surface area is 167 Å². The van der Waals surface area contributed by atoms with Crippen molar-refractivity contribution in [1.82, 2.24) is 9.66 Å². The van der Waals surface area contributed by atoms with Gasteiger partial charge in [-0.05, 0) is 17.7 Å². The highest BCUT2D eigenvalue weighted by atomic mass is 32.2. The lowest BCUT2D eigenvalue weighted by molar-refractivity contribution is 0.0563. The van der Waals surface area contributed by atoms with Crippen molar-refractivity contribution in [3.8, 4) is 11.1 Å². The molecule has 0 aliphatic carbocycles. The van der Waals surface area contributed by atoms with Crippen molar-refractivity contribution in [2.24, 2.45) is 0 Å². The first-order valence-electron chi connectivity index (χ1n) is 8.23. The number of hydrogen-bond acceptors (Lipinski definition) is 8. The first-order valence-corrected chi connectivity index (χ1v) is 10.1. The molecule has 142 valence electrons. The predicted molar refractivity (Wildman–Crippen MR) is 109 cm³/mol. The SMILES string of the molecule is COC(=O)c1ccc(CSc2nc3scc(-c4ccccc4)c3c(=O)n2N)o1. The molecule has 0 aliphatic rings. The van der Waals surface area contributed by atoms with Crippen LogP contribution in [-0.4, -0.2) is 22.7 Å². The second-order valence-electron chi connectivity index (χ2n) is 5.81. The van der Waals surface area contributed by atoms with E-state index in [1.165, 1.54) is 30.2 Å². The van der Waals surface area contributed by atoms with Crippen LogP contribution in [0.5, 0.6) is 0 Å². The Balaban J connectivity index is 1.64. The molecule has 0 saturated carbocycles. The van der Waals surface area contributed by atoms with Gasteiger partial charge in [0.1, 0.15) is 10.6 Å². The Morgan fingerprint density at radius 2 is 2.07 bits per heavy atom. The Hall–Kier alpha value is -3.04. The fourth-order valence-electron chi connectivity index (χ4n) is 2.72. The van der Waals surface area contributed by atoms with E-state index in [2.05, 4.69) is 9.72 Å². The minimum absolute atomic E-state index is 0.123. The molecule has 1 aromatic carbocycles. The summed E-state index contributed by atoms with van der Waals surface area (Å²) in [6.07, 6.45) is 0. The summed E-state index contributed by atoms with van der Waals surface area (Å²) in [6, 6.07) is 12.9. The number of aromatic nitrogens is 2. The number of ether oxygens (including phenoxy) is 1. The molecule has 4 rings (SSSR count). The van der Waals surface area contributed by atoms with E-state index in [1.54, 1.807) is 12.1 Å². The lowest BCUT2D eigenvalue weighted by atomic mass is 10.1. The largest absolute Gasteiger partial charge is 0.463 e. The summed E-state index contributed by atoms with van der Waals surface area (Å²) in [5, 5.41) is 2.79. The maximum Gasteiger partial charge on any atom is 0.373 e. The minimum Gasteiger partial charge on any atom is -0.463 e. The molecule has 0 saturated heterocycles. The van der Waals surface area contributed by atoms with E-state index in [0.29, 0.717) is 26.9 Å². The van der Waals surface area contributed by atoms with Crippen molar-refractivity contribution in [2.45, 2.75) is 10.9 Å². The number of thiophene rings is 1. The molecule has 3 aromatic heterocycles. The van der Waals surface area contributed by atoms with Crippen molar-refractivity contribution in [2.75, 3.05) is 13.0 Å². The first kappa shape index (κ1) is 18.3. The van der Waals surface area contributed by atoms with E-state index in [-0.39, 0.29) is 11.3 Å². The zero-order valence-corrected chi connectivity index (χ0v) is 16.4. The smallest absolute Gasteiger partial charge is 0.373 e. The second kappa shape index (κ2) is 7.53. The van der Waals surface area contributed by atoms with E-state index >= 15 is 0 Å². The lowest BCUT2D eigenvalue weighted by Gasteiger charge is -2.07. The number of nitrogens with zero attached hydrogens (tertiary/aromatic N) is 2. The standard InChI is InChI=1S/C19H15N3O4S2/c1-25-18(24)14-8-7-12(26-14)9-28-19-21-16-15(17(23)22(19)20)13(10-27-16)11-5-3-2-4-6-11/h2-8,10H,9,20H2,1H3. The van der Waals surface area contributed by atoms with Gasteiger partial charge in [-0.15, -0.1) is 11.3 Å². The molecule has 4 aromatic rings. The van der Waals surface area contributed by atoms with Gasteiger partial charge in [-0.1, -0.05) is 42.1 Å². The number of furan rings is 1. The summed E-state index contributed by atoms with van der Waals surface area (Å²) in [7, 11) is 1.29.